The van der Waals surface area contributed by atoms with E-state index in [-0.39, 0.29) is 5.91 Å². The minimum Gasteiger partial charge on any atom is -0.376 e. The van der Waals surface area contributed by atoms with Crippen molar-refractivity contribution in [2.45, 2.75) is 20.5 Å². The van der Waals surface area contributed by atoms with Crippen LogP contribution in [0.5, 0.6) is 0 Å². The molecule has 17 heavy (non-hydrogen) atoms. The summed E-state index contributed by atoms with van der Waals surface area (Å²) in [5.74, 6) is 4.87. The number of halogens is 1. The van der Waals surface area contributed by atoms with Crippen molar-refractivity contribution < 1.29 is 9.53 Å². The summed E-state index contributed by atoms with van der Waals surface area (Å²) in [5.41, 5.74) is 2.57. The molecule has 1 aromatic carbocycles. The molecule has 0 fully saturated rings. The fraction of sp³-hybridized carbons (Fsp3) is 0.417. The predicted octanol–water partition coefficient (Wildman–Crippen LogP) is 1.98. The molecular weight excluding hydrogens is 284 g/mol. The average molecular weight is 301 g/mol. The number of nitrogens with one attached hydrogen (secondary N) is 1. The maximum absolute atomic E-state index is 11.4. The monoisotopic (exact) mass is 300 g/mol. The molecule has 0 heterocycles. The van der Waals surface area contributed by atoms with Crippen molar-refractivity contribution in [3.05, 3.63) is 34.3 Å². The third-order valence-corrected chi connectivity index (χ3v) is 2.86. The van der Waals surface area contributed by atoms with E-state index in [0.29, 0.717) is 13.2 Å². The standard InChI is InChI=1S/C12H17BrN2O2/c1-12(2,11(16)15-14)8-17-7-9-4-3-5-10(13)6-9/h3-6H,7-8,14H2,1-2H3,(H,15,16). The van der Waals surface area contributed by atoms with Crippen LogP contribution in [0.1, 0.15) is 19.4 Å². The minimum atomic E-state index is -0.624. The number of rotatable bonds is 5. The average Bonchev–Trinajstić information content (AvgIpc) is 2.27. The molecule has 5 heteroatoms. The summed E-state index contributed by atoms with van der Waals surface area (Å²) >= 11 is 3.39. The van der Waals surface area contributed by atoms with Crippen molar-refractivity contribution in [2.75, 3.05) is 6.61 Å². The van der Waals surface area contributed by atoms with Crippen LogP contribution in [0.25, 0.3) is 0 Å². The Bertz CT molecular complexity index is 394. The Hall–Kier alpha value is -0.910. The van der Waals surface area contributed by atoms with Crippen LogP contribution in [0.3, 0.4) is 0 Å². The van der Waals surface area contributed by atoms with Crippen LogP contribution < -0.4 is 11.3 Å². The van der Waals surface area contributed by atoms with Crippen molar-refractivity contribution in [1.82, 2.24) is 5.43 Å². The lowest BCUT2D eigenvalue weighted by atomic mass is 9.94. The van der Waals surface area contributed by atoms with Crippen LogP contribution in [0.2, 0.25) is 0 Å². The molecule has 1 aromatic rings. The summed E-state index contributed by atoms with van der Waals surface area (Å²) in [7, 11) is 0. The van der Waals surface area contributed by atoms with Crippen molar-refractivity contribution >= 4 is 21.8 Å². The first kappa shape index (κ1) is 14.2. The van der Waals surface area contributed by atoms with E-state index < -0.39 is 5.41 Å². The second kappa shape index (κ2) is 6.14. The topological polar surface area (TPSA) is 64.3 Å². The lowest BCUT2D eigenvalue weighted by Crippen LogP contribution is -2.43. The highest BCUT2D eigenvalue weighted by Gasteiger charge is 2.27. The molecule has 0 unspecified atom stereocenters. The summed E-state index contributed by atoms with van der Waals surface area (Å²) < 4.78 is 6.54. The van der Waals surface area contributed by atoms with Crippen LogP contribution in [0.4, 0.5) is 0 Å². The van der Waals surface area contributed by atoms with Crippen molar-refractivity contribution in [1.29, 1.82) is 0 Å². The Morgan fingerprint density at radius 3 is 2.82 bits per heavy atom. The normalized spacial score (nSPS) is 11.3. The molecule has 3 N–H and O–H groups in total. The van der Waals surface area contributed by atoms with E-state index in [9.17, 15) is 4.79 Å². The molecule has 0 radical (unpaired) electrons. The lowest BCUT2D eigenvalue weighted by molar-refractivity contribution is -0.132. The van der Waals surface area contributed by atoms with E-state index >= 15 is 0 Å². The third kappa shape index (κ3) is 4.46. The number of carbonyl (C=O) groups excluding carboxylic acids is 1. The van der Waals surface area contributed by atoms with E-state index in [4.69, 9.17) is 10.6 Å². The van der Waals surface area contributed by atoms with Gasteiger partial charge in [0.1, 0.15) is 0 Å². The second-order valence-corrected chi connectivity index (χ2v) is 5.40. The molecule has 0 saturated carbocycles. The van der Waals surface area contributed by atoms with Gasteiger partial charge in [0, 0.05) is 4.47 Å². The molecular formula is C12H17BrN2O2. The highest BCUT2D eigenvalue weighted by molar-refractivity contribution is 9.10. The molecule has 1 amide bonds. The Balaban J connectivity index is 2.45. The number of nitrogens with two attached hydrogens (primary N) is 1. The van der Waals surface area contributed by atoms with Gasteiger partial charge in [-0.25, -0.2) is 5.84 Å². The van der Waals surface area contributed by atoms with Gasteiger partial charge in [-0.15, -0.1) is 0 Å². The van der Waals surface area contributed by atoms with Gasteiger partial charge in [-0.2, -0.15) is 0 Å². The van der Waals surface area contributed by atoms with Gasteiger partial charge in [0.15, 0.2) is 0 Å². The Morgan fingerprint density at radius 2 is 2.24 bits per heavy atom. The van der Waals surface area contributed by atoms with Crippen LogP contribution in [0, 0.1) is 5.41 Å². The first-order valence-electron chi connectivity index (χ1n) is 5.29. The van der Waals surface area contributed by atoms with Gasteiger partial charge in [0.25, 0.3) is 0 Å². The molecule has 0 aromatic heterocycles. The van der Waals surface area contributed by atoms with Crippen molar-refractivity contribution in [3.63, 3.8) is 0 Å². The van der Waals surface area contributed by atoms with Gasteiger partial charge >= 0.3 is 0 Å². The molecule has 0 saturated heterocycles. The zero-order chi connectivity index (χ0) is 12.9. The molecule has 1 rings (SSSR count). The minimum absolute atomic E-state index is 0.230. The maximum atomic E-state index is 11.4. The van der Waals surface area contributed by atoms with Gasteiger partial charge in [-0.3, -0.25) is 10.2 Å². The van der Waals surface area contributed by atoms with Crippen LogP contribution in [-0.2, 0) is 16.1 Å². The molecule has 0 bridgehead atoms. The van der Waals surface area contributed by atoms with Crippen molar-refractivity contribution in [3.8, 4) is 0 Å². The highest BCUT2D eigenvalue weighted by Crippen LogP contribution is 2.17. The molecule has 0 spiro atoms. The SMILES string of the molecule is CC(C)(COCc1cccc(Br)c1)C(=O)NN. The zero-order valence-corrected chi connectivity index (χ0v) is 11.6. The lowest BCUT2D eigenvalue weighted by Gasteiger charge is -2.21. The highest BCUT2D eigenvalue weighted by atomic mass is 79.9. The van der Waals surface area contributed by atoms with E-state index in [1.54, 1.807) is 13.8 Å². The number of benzene rings is 1. The predicted molar refractivity (Wildman–Crippen MR) is 69.9 cm³/mol. The quantitative estimate of drug-likeness (QED) is 0.496. The molecule has 0 aliphatic heterocycles. The molecule has 0 aliphatic carbocycles. The number of ether oxygens (including phenoxy) is 1. The fourth-order valence-corrected chi connectivity index (χ4v) is 1.76. The molecule has 94 valence electrons. The number of amides is 1. The fourth-order valence-electron chi connectivity index (χ4n) is 1.31. The Kier molecular flexibility index (Phi) is 5.11. The van der Waals surface area contributed by atoms with Crippen LogP contribution >= 0.6 is 15.9 Å². The first-order valence-corrected chi connectivity index (χ1v) is 6.08. The molecule has 4 nitrogen and oxygen atoms in total. The number of hydrogen-bond acceptors (Lipinski definition) is 3. The number of carbonyl (C=O) groups is 1. The van der Waals surface area contributed by atoms with E-state index in [2.05, 4.69) is 21.4 Å². The van der Waals surface area contributed by atoms with E-state index in [1.165, 1.54) is 0 Å². The summed E-state index contributed by atoms with van der Waals surface area (Å²) in [4.78, 5) is 11.4. The molecule has 0 atom stereocenters. The Labute approximate surface area is 110 Å². The van der Waals surface area contributed by atoms with Crippen molar-refractivity contribution in [2.24, 2.45) is 11.3 Å². The summed E-state index contributed by atoms with van der Waals surface area (Å²) in [5, 5.41) is 0. The number of hydrazine groups is 1. The largest absolute Gasteiger partial charge is 0.376 e. The van der Waals surface area contributed by atoms with Gasteiger partial charge in [-0.05, 0) is 31.5 Å². The Morgan fingerprint density at radius 1 is 1.53 bits per heavy atom. The second-order valence-electron chi connectivity index (χ2n) is 4.48. The third-order valence-electron chi connectivity index (χ3n) is 2.37. The summed E-state index contributed by atoms with van der Waals surface area (Å²) in [6, 6.07) is 7.85. The van der Waals surface area contributed by atoms with Crippen LogP contribution in [0.15, 0.2) is 28.7 Å². The maximum Gasteiger partial charge on any atom is 0.241 e. The van der Waals surface area contributed by atoms with Gasteiger partial charge in [0.2, 0.25) is 5.91 Å². The molecule has 0 aliphatic rings. The first-order chi connectivity index (χ1) is 7.95. The van der Waals surface area contributed by atoms with Gasteiger partial charge in [0.05, 0.1) is 18.6 Å². The van der Waals surface area contributed by atoms with Gasteiger partial charge in [-0.1, -0.05) is 28.1 Å². The van der Waals surface area contributed by atoms with Crippen LogP contribution in [-0.4, -0.2) is 12.5 Å². The zero-order valence-electron chi connectivity index (χ0n) is 10.00. The van der Waals surface area contributed by atoms with E-state index in [0.717, 1.165) is 10.0 Å². The smallest absolute Gasteiger partial charge is 0.241 e. The number of hydrogen-bond donors (Lipinski definition) is 2. The summed E-state index contributed by atoms with van der Waals surface area (Å²) in [6.07, 6.45) is 0. The van der Waals surface area contributed by atoms with E-state index in [1.807, 2.05) is 24.3 Å². The summed E-state index contributed by atoms with van der Waals surface area (Å²) in [6.45, 7) is 4.37. The van der Waals surface area contributed by atoms with Gasteiger partial charge < -0.3 is 4.74 Å².